The summed E-state index contributed by atoms with van der Waals surface area (Å²) in [7, 11) is -0.715. The molecule has 0 unspecified atom stereocenters. The first-order valence-corrected chi connectivity index (χ1v) is 32.3. The Labute approximate surface area is 438 Å². The average Bonchev–Trinajstić information content (AvgIpc) is 3.39. The number of hydrogen-bond acceptors (Lipinski definition) is 3. The Morgan fingerprint density at radius 3 is 0.543 bits per heavy atom. The number of unbranched alkanes of at least 4 members (excludes halogenated alkanes) is 30. The Morgan fingerprint density at radius 1 is 0.214 bits per heavy atom. The zero-order chi connectivity index (χ0) is 50.0. The molecule has 70 heavy (non-hydrogen) atoms. The molecular formula is C66H114N3P. The minimum Gasteiger partial charge on any atom is -0.372 e. The SMILES string of the molecule is CCCCCCCCN(CCCCCCCC)c1ccc(P(c2ccc(N(CCCCCCCC)CCCCCCCC)cc2)c2ccc(N(CCCCCCCC)CCCCCCCC)cc2)cc1. The molecule has 0 bridgehead atoms. The lowest BCUT2D eigenvalue weighted by Crippen LogP contribution is -2.28. The van der Waals surface area contributed by atoms with E-state index in [1.54, 1.807) is 0 Å². The second-order valence-electron chi connectivity index (χ2n) is 21.5. The van der Waals surface area contributed by atoms with Crippen LogP contribution in [0.15, 0.2) is 72.8 Å². The van der Waals surface area contributed by atoms with E-state index in [0.717, 1.165) is 0 Å². The first-order chi connectivity index (χ1) is 34.6. The predicted octanol–water partition coefficient (Wildman–Crippen LogP) is 20.0. The van der Waals surface area contributed by atoms with Crippen molar-refractivity contribution < 1.29 is 0 Å². The summed E-state index contributed by atoms with van der Waals surface area (Å²) in [4.78, 5) is 8.21. The van der Waals surface area contributed by atoms with Crippen LogP contribution in [-0.4, -0.2) is 39.3 Å². The molecule has 0 aliphatic carbocycles. The molecule has 0 N–H and O–H groups in total. The average molecular weight is 981 g/mol. The van der Waals surface area contributed by atoms with Gasteiger partial charge in [0.15, 0.2) is 0 Å². The lowest BCUT2D eigenvalue weighted by molar-refractivity contribution is 0.575. The first kappa shape index (κ1) is 61.8. The summed E-state index contributed by atoms with van der Waals surface area (Å²) in [6, 6.07) is 30.1. The van der Waals surface area contributed by atoms with Gasteiger partial charge >= 0.3 is 0 Å². The standard InChI is InChI=1S/C66H114N3P/c1-7-13-19-25-31-37-55-67(56-38-32-26-20-14-8-2)61-43-49-64(50-44-61)70(65-51-45-62(46-52-65)68(57-39-33-27-21-15-9-3)58-40-34-28-22-16-10-4)66-53-47-63(48-54-66)69(59-41-35-29-23-17-11-5)60-42-36-30-24-18-12-6/h43-54H,7-42,55-60H2,1-6H3. The third-order valence-electron chi connectivity index (χ3n) is 15.1. The second kappa shape index (κ2) is 42.9. The van der Waals surface area contributed by atoms with Crippen LogP contribution in [0.5, 0.6) is 0 Å². The third kappa shape index (κ3) is 27.5. The summed E-state index contributed by atoms with van der Waals surface area (Å²) in [5.41, 5.74) is 4.27. The Hall–Kier alpha value is -2.51. The quantitative estimate of drug-likeness (QED) is 0.0412. The second-order valence-corrected chi connectivity index (χ2v) is 23.7. The maximum Gasteiger partial charge on any atom is 0.0366 e. The highest BCUT2D eigenvalue weighted by Gasteiger charge is 2.20. The van der Waals surface area contributed by atoms with Gasteiger partial charge in [0.25, 0.3) is 0 Å². The molecule has 0 atom stereocenters. The van der Waals surface area contributed by atoms with Crippen LogP contribution < -0.4 is 30.6 Å². The number of benzene rings is 3. The van der Waals surface area contributed by atoms with Crippen LogP contribution in [0.1, 0.15) is 273 Å². The van der Waals surface area contributed by atoms with Gasteiger partial charge < -0.3 is 14.7 Å². The van der Waals surface area contributed by atoms with E-state index < -0.39 is 7.92 Å². The molecule has 0 aliphatic rings. The summed E-state index contributed by atoms with van der Waals surface area (Å²) >= 11 is 0. The van der Waals surface area contributed by atoms with Crippen LogP contribution in [0, 0.1) is 0 Å². The number of hydrogen-bond donors (Lipinski definition) is 0. The molecule has 3 nitrogen and oxygen atoms in total. The summed E-state index contributed by atoms with van der Waals surface area (Å²) in [6.07, 6.45) is 48.8. The van der Waals surface area contributed by atoms with Gasteiger partial charge in [-0.2, -0.15) is 0 Å². The number of anilines is 3. The highest BCUT2D eigenvalue weighted by Crippen LogP contribution is 2.35. The van der Waals surface area contributed by atoms with Crippen LogP contribution >= 0.6 is 7.92 Å². The molecule has 0 radical (unpaired) electrons. The van der Waals surface area contributed by atoms with E-state index in [0.29, 0.717) is 0 Å². The van der Waals surface area contributed by atoms with Crippen molar-refractivity contribution in [3.8, 4) is 0 Å². The van der Waals surface area contributed by atoms with Crippen LogP contribution in [0.2, 0.25) is 0 Å². The molecule has 0 aliphatic heterocycles. The highest BCUT2D eigenvalue weighted by molar-refractivity contribution is 7.79. The molecule has 4 heteroatoms. The summed E-state index contributed by atoms with van der Waals surface area (Å²) < 4.78 is 0. The molecule has 398 valence electrons. The Balaban J connectivity index is 1.95. The third-order valence-corrected chi connectivity index (χ3v) is 17.6. The molecule has 0 aromatic heterocycles. The van der Waals surface area contributed by atoms with Crippen molar-refractivity contribution in [2.45, 2.75) is 273 Å². The van der Waals surface area contributed by atoms with Crippen LogP contribution in [-0.2, 0) is 0 Å². The summed E-state index contributed by atoms with van der Waals surface area (Å²) in [5.74, 6) is 0. The molecule has 3 aromatic rings. The van der Waals surface area contributed by atoms with Crippen molar-refractivity contribution in [2.24, 2.45) is 0 Å². The molecule has 0 fully saturated rings. The van der Waals surface area contributed by atoms with Gasteiger partial charge in [-0.3, -0.25) is 0 Å². The van der Waals surface area contributed by atoms with Gasteiger partial charge in [0.1, 0.15) is 0 Å². The van der Waals surface area contributed by atoms with E-state index in [1.165, 1.54) is 303 Å². The van der Waals surface area contributed by atoms with Crippen molar-refractivity contribution in [1.82, 2.24) is 0 Å². The van der Waals surface area contributed by atoms with Crippen LogP contribution in [0.3, 0.4) is 0 Å². The van der Waals surface area contributed by atoms with E-state index >= 15 is 0 Å². The van der Waals surface area contributed by atoms with E-state index in [9.17, 15) is 0 Å². The maximum atomic E-state index is 2.74. The Kier molecular flexibility index (Phi) is 37.9. The highest BCUT2D eigenvalue weighted by atomic mass is 31.1. The minimum atomic E-state index is -0.715. The van der Waals surface area contributed by atoms with E-state index in [4.69, 9.17) is 0 Å². The van der Waals surface area contributed by atoms with Gasteiger partial charge in [0, 0.05) is 56.3 Å². The number of nitrogens with zero attached hydrogens (tertiary/aromatic N) is 3. The van der Waals surface area contributed by atoms with Crippen molar-refractivity contribution in [2.75, 3.05) is 54.0 Å². The molecule has 0 amide bonds. The fourth-order valence-corrected chi connectivity index (χ4v) is 12.7. The number of rotatable bonds is 48. The summed E-state index contributed by atoms with van der Waals surface area (Å²) in [6.45, 7) is 21.1. The van der Waals surface area contributed by atoms with E-state index in [2.05, 4.69) is 129 Å². The van der Waals surface area contributed by atoms with E-state index in [1.807, 2.05) is 0 Å². The largest absolute Gasteiger partial charge is 0.372 e. The topological polar surface area (TPSA) is 9.72 Å². The van der Waals surface area contributed by atoms with Gasteiger partial charge in [-0.25, -0.2) is 0 Å². The normalized spacial score (nSPS) is 11.5. The van der Waals surface area contributed by atoms with Crippen LogP contribution in [0.4, 0.5) is 17.1 Å². The monoisotopic (exact) mass is 980 g/mol. The first-order valence-electron chi connectivity index (χ1n) is 30.9. The van der Waals surface area contributed by atoms with Gasteiger partial charge in [-0.15, -0.1) is 0 Å². The fourth-order valence-electron chi connectivity index (χ4n) is 10.5. The zero-order valence-corrected chi connectivity index (χ0v) is 48.3. The molecule has 3 rings (SSSR count). The fraction of sp³-hybridized carbons (Fsp3) is 0.727. The van der Waals surface area contributed by atoms with Crippen molar-refractivity contribution >= 4 is 40.9 Å². The van der Waals surface area contributed by atoms with Gasteiger partial charge in [0.2, 0.25) is 0 Å². The van der Waals surface area contributed by atoms with Gasteiger partial charge in [-0.05, 0) is 98.8 Å². The van der Waals surface area contributed by atoms with Crippen molar-refractivity contribution in [1.29, 1.82) is 0 Å². The predicted molar refractivity (Wildman–Crippen MR) is 322 cm³/mol. The molecule has 0 saturated carbocycles. The van der Waals surface area contributed by atoms with Gasteiger partial charge in [-0.1, -0.05) is 271 Å². The van der Waals surface area contributed by atoms with Crippen molar-refractivity contribution in [3.05, 3.63) is 72.8 Å². The zero-order valence-electron chi connectivity index (χ0n) is 47.4. The van der Waals surface area contributed by atoms with E-state index in [-0.39, 0.29) is 0 Å². The smallest absolute Gasteiger partial charge is 0.0366 e. The molecular weight excluding hydrogens is 866 g/mol. The van der Waals surface area contributed by atoms with Gasteiger partial charge in [0.05, 0.1) is 0 Å². The Morgan fingerprint density at radius 2 is 0.371 bits per heavy atom. The minimum absolute atomic E-state index is 0.715. The van der Waals surface area contributed by atoms with Crippen LogP contribution in [0.25, 0.3) is 0 Å². The molecule has 0 spiro atoms. The molecule has 3 aromatic carbocycles. The Bertz CT molecular complexity index is 1330. The molecule has 0 saturated heterocycles. The lowest BCUT2D eigenvalue weighted by Gasteiger charge is -2.28. The summed E-state index contributed by atoms with van der Waals surface area (Å²) in [5, 5.41) is 4.43. The lowest BCUT2D eigenvalue weighted by atomic mass is 10.1. The molecule has 0 heterocycles. The maximum absolute atomic E-state index is 2.74. The van der Waals surface area contributed by atoms with Crippen molar-refractivity contribution in [3.63, 3.8) is 0 Å².